The van der Waals surface area contributed by atoms with E-state index in [2.05, 4.69) is 51.1 Å². The molecular weight excluding hydrogens is 262 g/mol. The number of thioether (sulfide) groups is 1. The molecule has 0 spiro atoms. The number of nitrogens with one attached hydrogen (secondary N) is 2. The third-order valence-electron chi connectivity index (χ3n) is 2.42. The third-order valence-corrected chi connectivity index (χ3v) is 3.42. The maximum absolute atomic E-state index is 11.6. The summed E-state index contributed by atoms with van der Waals surface area (Å²) in [5.74, 6) is 1.71. The quantitative estimate of drug-likeness (QED) is 0.825. The molecule has 0 radical (unpaired) electrons. The number of tetrazole rings is 1. The summed E-state index contributed by atoms with van der Waals surface area (Å²) >= 11 is 1.58. The Morgan fingerprint density at radius 1 is 1.47 bits per heavy atom. The number of carbonyl (C=O) groups is 1. The Bertz CT molecular complexity index is 529. The number of aryl methyl sites for hydroxylation is 1. The first-order valence-electron chi connectivity index (χ1n) is 5.86. The van der Waals surface area contributed by atoms with E-state index >= 15 is 0 Å². The summed E-state index contributed by atoms with van der Waals surface area (Å²) in [5, 5.41) is 16.0. The number of nitrogens with zero attached hydrogens (tertiary/aromatic N) is 3. The van der Waals surface area contributed by atoms with E-state index in [-0.39, 0.29) is 5.91 Å². The van der Waals surface area contributed by atoms with Gasteiger partial charge in [0.2, 0.25) is 5.91 Å². The molecule has 0 aliphatic carbocycles. The molecule has 2 N–H and O–H groups in total. The van der Waals surface area contributed by atoms with Gasteiger partial charge in [0.1, 0.15) is 0 Å². The molecule has 1 amide bonds. The minimum Gasteiger partial charge on any atom is -0.348 e. The van der Waals surface area contributed by atoms with Crippen molar-refractivity contribution in [3.63, 3.8) is 0 Å². The fraction of sp³-hybridized carbons (Fsp3) is 0.333. The van der Waals surface area contributed by atoms with Gasteiger partial charge in [-0.2, -0.15) is 5.21 Å². The van der Waals surface area contributed by atoms with Crippen molar-refractivity contribution < 1.29 is 4.79 Å². The number of amides is 1. The van der Waals surface area contributed by atoms with E-state index in [4.69, 9.17) is 0 Å². The van der Waals surface area contributed by atoms with Crippen LogP contribution in [0.5, 0.6) is 0 Å². The molecule has 0 saturated carbocycles. The first kappa shape index (κ1) is 13.5. The first-order valence-corrected chi connectivity index (χ1v) is 7.02. The van der Waals surface area contributed by atoms with Crippen molar-refractivity contribution in [1.82, 2.24) is 25.9 Å². The average Bonchev–Trinajstić information content (AvgIpc) is 2.89. The molecule has 2 rings (SSSR count). The molecule has 0 saturated heterocycles. The van der Waals surface area contributed by atoms with Gasteiger partial charge in [-0.05, 0) is 12.5 Å². The van der Waals surface area contributed by atoms with E-state index in [9.17, 15) is 4.79 Å². The van der Waals surface area contributed by atoms with Crippen LogP contribution in [0.25, 0.3) is 0 Å². The number of hydrogen-bond acceptors (Lipinski definition) is 5. The SMILES string of the molecule is Cc1cccc(CSCC(=O)NCc2nn[nH]n2)c1. The summed E-state index contributed by atoms with van der Waals surface area (Å²) < 4.78 is 0. The van der Waals surface area contributed by atoms with Crippen molar-refractivity contribution in [3.05, 3.63) is 41.2 Å². The zero-order valence-corrected chi connectivity index (χ0v) is 11.4. The van der Waals surface area contributed by atoms with Crippen LogP contribution in [0, 0.1) is 6.92 Å². The zero-order valence-electron chi connectivity index (χ0n) is 10.6. The monoisotopic (exact) mass is 277 g/mol. The van der Waals surface area contributed by atoms with Gasteiger partial charge in [0.25, 0.3) is 0 Å². The van der Waals surface area contributed by atoms with Crippen LogP contribution in [0.3, 0.4) is 0 Å². The Hall–Kier alpha value is -1.89. The van der Waals surface area contributed by atoms with Crippen LogP contribution >= 0.6 is 11.8 Å². The topological polar surface area (TPSA) is 83.6 Å². The largest absolute Gasteiger partial charge is 0.348 e. The Balaban J connectivity index is 1.66. The Kier molecular flexibility index (Phi) is 4.91. The number of rotatable bonds is 6. The van der Waals surface area contributed by atoms with Gasteiger partial charge in [0.05, 0.1) is 12.3 Å². The molecule has 1 aromatic carbocycles. The van der Waals surface area contributed by atoms with E-state index in [1.807, 2.05) is 6.07 Å². The maximum Gasteiger partial charge on any atom is 0.230 e. The summed E-state index contributed by atoms with van der Waals surface area (Å²) in [7, 11) is 0. The van der Waals surface area contributed by atoms with Crippen LogP contribution in [-0.4, -0.2) is 32.3 Å². The van der Waals surface area contributed by atoms with Crippen LogP contribution in [0.2, 0.25) is 0 Å². The minimum atomic E-state index is -0.0255. The number of carbonyl (C=O) groups excluding carboxylic acids is 1. The van der Waals surface area contributed by atoms with Crippen molar-refractivity contribution in [1.29, 1.82) is 0 Å². The average molecular weight is 277 g/mol. The first-order chi connectivity index (χ1) is 9.24. The van der Waals surface area contributed by atoms with Gasteiger partial charge < -0.3 is 5.32 Å². The number of benzene rings is 1. The van der Waals surface area contributed by atoms with Gasteiger partial charge in [0, 0.05) is 5.75 Å². The summed E-state index contributed by atoms with van der Waals surface area (Å²) in [5.41, 5.74) is 2.47. The van der Waals surface area contributed by atoms with Crippen molar-refractivity contribution in [2.45, 2.75) is 19.2 Å². The Labute approximate surface area is 115 Å². The molecule has 0 aliphatic heterocycles. The van der Waals surface area contributed by atoms with E-state index in [0.29, 0.717) is 18.1 Å². The van der Waals surface area contributed by atoms with Gasteiger partial charge in [-0.15, -0.1) is 22.0 Å². The third kappa shape index (κ3) is 4.70. The van der Waals surface area contributed by atoms with Crippen molar-refractivity contribution >= 4 is 17.7 Å². The molecule has 0 atom stereocenters. The molecule has 6 nitrogen and oxygen atoms in total. The molecule has 1 heterocycles. The standard InChI is InChI=1S/C12H15N5OS/c1-9-3-2-4-10(5-9)7-19-8-12(18)13-6-11-14-16-17-15-11/h2-5H,6-8H2,1H3,(H,13,18)(H,14,15,16,17). The molecule has 0 fully saturated rings. The van der Waals surface area contributed by atoms with Crippen LogP contribution in [0.4, 0.5) is 0 Å². The second kappa shape index (κ2) is 6.89. The van der Waals surface area contributed by atoms with Gasteiger partial charge in [0.15, 0.2) is 5.82 Å². The number of aromatic amines is 1. The fourth-order valence-electron chi connectivity index (χ4n) is 1.55. The Morgan fingerprint density at radius 3 is 3.11 bits per heavy atom. The lowest BCUT2D eigenvalue weighted by Crippen LogP contribution is -2.25. The highest BCUT2D eigenvalue weighted by atomic mass is 32.2. The summed E-state index contributed by atoms with van der Waals surface area (Å²) in [6, 6.07) is 8.29. The molecular formula is C12H15N5OS. The normalized spacial score (nSPS) is 10.4. The van der Waals surface area contributed by atoms with Gasteiger partial charge in [-0.25, -0.2) is 0 Å². The molecule has 0 bridgehead atoms. The number of H-pyrrole nitrogens is 1. The molecule has 2 aromatic rings. The van der Waals surface area contributed by atoms with Crippen LogP contribution in [-0.2, 0) is 17.1 Å². The molecule has 7 heteroatoms. The molecule has 100 valence electrons. The molecule has 1 aromatic heterocycles. The number of aromatic nitrogens is 4. The summed E-state index contributed by atoms with van der Waals surface area (Å²) in [6.45, 7) is 2.37. The van der Waals surface area contributed by atoms with Crippen LogP contribution in [0.15, 0.2) is 24.3 Å². The Morgan fingerprint density at radius 2 is 2.37 bits per heavy atom. The van der Waals surface area contributed by atoms with Crippen molar-refractivity contribution in [2.75, 3.05) is 5.75 Å². The zero-order chi connectivity index (χ0) is 13.5. The molecule has 19 heavy (non-hydrogen) atoms. The van der Waals surface area contributed by atoms with E-state index < -0.39 is 0 Å². The fourth-order valence-corrected chi connectivity index (χ4v) is 2.35. The second-order valence-corrected chi connectivity index (χ2v) is 5.07. The van der Waals surface area contributed by atoms with Crippen LogP contribution < -0.4 is 5.32 Å². The van der Waals surface area contributed by atoms with E-state index in [0.717, 1.165) is 5.75 Å². The highest BCUT2D eigenvalue weighted by Crippen LogP contribution is 2.13. The maximum atomic E-state index is 11.6. The van der Waals surface area contributed by atoms with E-state index in [1.165, 1.54) is 11.1 Å². The second-order valence-electron chi connectivity index (χ2n) is 4.09. The predicted octanol–water partition coefficient (Wildman–Crippen LogP) is 1.06. The van der Waals surface area contributed by atoms with Crippen LogP contribution in [0.1, 0.15) is 17.0 Å². The minimum absolute atomic E-state index is 0.0255. The summed E-state index contributed by atoms with van der Waals surface area (Å²) in [6.07, 6.45) is 0. The molecule has 0 unspecified atom stereocenters. The lowest BCUT2D eigenvalue weighted by molar-refractivity contribution is -0.118. The summed E-state index contributed by atoms with van der Waals surface area (Å²) in [4.78, 5) is 11.6. The highest BCUT2D eigenvalue weighted by Gasteiger charge is 2.04. The van der Waals surface area contributed by atoms with Gasteiger partial charge in [-0.1, -0.05) is 35.0 Å². The highest BCUT2D eigenvalue weighted by molar-refractivity contribution is 7.99. The lowest BCUT2D eigenvalue weighted by atomic mass is 10.2. The molecule has 0 aliphatic rings. The predicted molar refractivity (Wildman–Crippen MR) is 73.4 cm³/mol. The van der Waals surface area contributed by atoms with Crippen molar-refractivity contribution in [3.8, 4) is 0 Å². The smallest absolute Gasteiger partial charge is 0.230 e. The number of hydrogen-bond donors (Lipinski definition) is 2. The van der Waals surface area contributed by atoms with Crippen molar-refractivity contribution in [2.24, 2.45) is 0 Å². The van der Waals surface area contributed by atoms with Gasteiger partial charge in [-0.3, -0.25) is 4.79 Å². The van der Waals surface area contributed by atoms with Gasteiger partial charge >= 0.3 is 0 Å². The lowest BCUT2D eigenvalue weighted by Gasteiger charge is -2.04. The van der Waals surface area contributed by atoms with E-state index in [1.54, 1.807) is 11.8 Å².